The molecule has 5 nitrogen and oxygen atoms in total. The van der Waals surface area contributed by atoms with Crippen LogP contribution in [0.4, 0.5) is 4.79 Å². The van der Waals surface area contributed by atoms with Crippen molar-refractivity contribution in [2.45, 2.75) is 65.5 Å². The van der Waals surface area contributed by atoms with E-state index in [2.05, 4.69) is 31.4 Å². The first-order chi connectivity index (χ1) is 10.1. The van der Waals surface area contributed by atoms with Gasteiger partial charge in [0.25, 0.3) is 0 Å². The van der Waals surface area contributed by atoms with Crippen LogP contribution in [0.3, 0.4) is 0 Å². The molecule has 1 fully saturated rings. The molecule has 130 valence electrons. The van der Waals surface area contributed by atoms with Crippen LogP contribution in [-0.4, -0.2) is 43.5 Å². The van der Waals surface area contributed by atoms with E-state index in [0.717, 1.165) is 32.6 Å². The minimum Gasteiger partial charge on any atom is -0.444 e. The Labute approximate surface area is 135 Å². The van der Waals surface area contributed by atoms with Gasteiger partial charge in [-0.3, -0.25) is 0 Å². The fourth-order valence-electron chi connectivity index (χ4n) is 2.45. The molecule has 22 heavy (non-hydrogen) atoms. The van der Waals surface area contributed by atoms with Crippen LogP contribution in [0.1, 0.15) is 54.4 Å². The van der Waals surface area contributed by atoms with Crippen LogP contribution >= 0.6 is 0 Å². The standard InChI is InChI=1S/C17H34N2O3/c1-13(2)14(11-18-15(20)22-16(3,4)5)12-19-17(6)7-9-21-10-8-17/h13-14,19H,7-12H2,1-6H3,(H,18,20). The smallest absolute Gasteiger partial charge is 0.407 e. The lowest BCUT2D eigenvalue weighted by Gasteiger charge is -2.36. The van der Waals surface area contributed by atoms with Crippen molar-refractivity contribution in [2.75, 3.05) is 26.3 Å². The molecule has 0 saturated carbocycles. The summed E-state index contributed by atoms with van der Waals surface area (Å²) >= 11 is 0. The summed E-state index contributed by atoms with van der Waals surface area (Å²) in [7, 11) is 0. The molecule has 2 N–H and O–H groups in total. The topological polar surface area (TPSA) is 59.6 Å². The fraction of sp³-hybridized carbons (Fsp3) is 0.941. The van der Waals surface area contributed by atoms with E-state index in [-0.39, 0.29) is 11.6 Å². The Morgan fingerprint density at radius 1 is 1.23 bits per heavy atom. The number of hydrogen-bond donors (Lipinski definition) is 2. The van der Waals surface area contributed by atoms with E-state index in [1.165, 1.54) is 0 Å². The molecule has 0 radical (unpaired) electrons. The first-order valence-electron chi connectivity index (χ1n) is 8.41. The van der Waals surface area contributed by atoms with Crippen molar-refractivity contribution in [3.63, 3.8) is 0 Å². The van der Waals surface area contributed by atoms with Gasteiger partial charge in [-0.2, -0.15) is 0 Å². The van der Waals surface area contributed by atoms with Gasteiger partial charge in [-0.15, -0.1) is 0 Å². The van der Waals surface area contributed by atoms with Crippen LogP contribution in [0.15, 0.2) is 0 Å². The normalized spacial score (nSPS) is 19.8. The number of carbonyl (C=O) groups is 1. The molecule has 1 atom stereocenters. The quantitative estimate of drug-likeness (QED) is 0.791. The molecule has 0 bridgehead atoms. The van der Waals surface area contributed by atoms with E-state index >= 15 is 0 Å². The lowest BCUT2D eigenvalue weighted by molar-refractivity contribution is 0.0419. The monoisotopic (exact) mass is 314 g/mol. The molecule has 0 aliphatic carbocycles. The van der Waals surface area contributed by atoms with E-state index in [0.29, 0.717) is 18.4 Å². The third kappa shape index (κ3) is 7.45. The maximum Gasteiger partial charge on any atom is 0.407 e. The summed E-state index contributed by atoms with van der Waals surface area (Å²) in [5.41, 5.74) is -0.303. The summed E-state index contributed by atoms with van der Waals surface area (Å²) in [6, 6.07) is 0. The number of hydrogen-bond acceptors (Lipinski definition) is 4. The number of rotatable bonds is 6. The van der Waals surface area contributed by atoms with Gasteiger partial charge in [0, 0.05) is 31.8 Å². The van der Waals surface area contributed by atoms with Gasteiger partial charge in [-0.25, -0.2) is 4.79 Å². The lowest BCUT2D eigenvalue weighted by Crippen LogP contribution is -2.50. The van der Waals surface area contributed by atoms with E-state index in [9.17, 15) is 4.79 Å². The van der Waals surface area contributed by atoms with Crippen molar-refractivity contribution in [1.82, 2.24) is 10.6 Å². The zero-order valence-corrected chi connectivity index (χ0v) is 15.1. The van der Waals surface area contributed by atoms with Crippen molar-refractivity contribution in [1.29, 1.82) is 0 Å². The Balaban J connectivity index is 2.40. The minimum atomic E-state index is -0.453. The van der Waals surface area contributed by atoms with Gasteiger partial charge in [-0.05, 0) is 52.4 Å². The summed E-state index contributed by atoms with van der Waals surface area (Å²) in [6.07, 6.45) is 1.74. The second-order valence-electron chi connectivity index (χ2n) is 7.94. The largest absolute Gasteiger partial charge is 0.444 e. The Hall–Kier alpha value is -0.810. The van der Waals surface area contributed by atoms with Crippen LogP contribution in [0.5, 0.6) is 0 Å². The lowest BCUT2D eigenvalue weighted by atomic mass is 9.89. The van der Waals surface area contributed by atoms with Crippen LogP contribution in [-0.2, 0) is 9.47 Å². The highest BCUT2D eigenvalue weighted by Gasteiger charge is 2.28. The minimum absolute atomic E-state index is 0.150. The molecule has 1 saturated heterocycles. The molecule has 1 unspecified atom stereocenters. The second-order valence-corrected chi connectivity index (χ2v) is 7.94. The molecule has 0 aromatic rings. The van der Waals surface area contributed by atoms with Gasteiger partial charge in [0.2, 0.25) is 0 Å². The predicted molar refractivity (Wildman–Crippen MR) is 89.0 cm³/mol. The molecule has 1 heterocycles. The van der Waals surface area contributed by atoms with Gasteiger partial charge in [0.1, 0.15) is 5.60 Å². The third-order valence-corrected chi connectivity index (χ3v) is 4.24. The molecule has 5 heteroatoms. The number of amides is 1. The predicted octanol–water partition coefficient (Wildman–Crippen LogP) is 2.94. The van der Waals surface area contributed by atoms with Crippen molar-refractivity contribution in [3.8, 4) is 0 Å². The van der Waals surface area contributed by atoms with Crippen LogP contribution in [0.25, 0.3) is 0 Å². The van der Waals surface area contributed by atoms with Crippen LogP contribution in [0, 0.1) is 11.8 Å². The zero-order valence-electron chi connectivity index (χ0n) is 15.1. The first kappa shape index (κ1) is 19.2. The molecular weight excluding hydrogens is 280 g/mol. The van der Waals surface area contributed by atoms with E-state index in [1.54, 1.807) is 0 Å². The van der Waals surface area contributed by atoms with Crippen molar-refractivity contribution in [3.05, 3.63) is 0 Å². The van der Waals surface area contributed by atoms with Crippen LogP contribution in [0.2, 0.25) is 0 Å². The SMILES string of the molecule is CC(C)C(CNC(=O)OC(C)(C)C)CNC1(C)CCOCC1. The zero-order chi connectivity index (χ0) is 16.8. The molecule has 1 aliphatic rings. The number of nitrogens with one attached hydrogen (secondary N) is 2. The first-order valence-corrected chi connectivity index (χ1v) is 8.41. The molecule has 1 amide bonds. The van der Waals surface area contributed by atoms with Gasteiger partial charge >= 0.3 is 6.09 Å². The Kier molecular flexibility index (Phi) is 7.13. The van der Waals surface area contributed by atoms with Crippen molar-refractivity contribution >= 4 is 6.09 Å². The van der Waals surface area contributed by atoms with E-state index in [4.69, 9.17) is 9.47 Å². The highest BCUT2D eigenvalue weighted by Crippen LogP contribution is 2.21. The summed E-state index contributed by atoms with van der Waals surface area (Å²) < 4.78 is 10.7. The van der Waals surface area contributed by atoms with Crippen molar-refractivity contribution in [2.24, 2.45) is 11.8 Å². The van der Waals surface area contributed by atoms with E-state index in [1.807, 2.05) is 20.8 Å². The summed E-state index contributed by atoms with van der Waals surface area (Å²) in [4.78, 5) is 11.8. The molecule has 1 aliphatic heterocycles. The van der Waals surface area contributed by atoms with Gasteiger partial charge in [0.15, 0.2) is 0 Å². The van der Waals surface area contributed by atoms with Gasteiger partial charge < -0.3 is 20.1 Å². The maximum atomic E-state index is 11.8. The highest BCUT2D eigenvalue weighted by molar-refractivity contribution is 5.67. The Bertz CT molecular complexity index is 344. The molecule has 0 spiro atoms. The fourth-order valence-corrected chi connectivity index (χ4v) is 2.45. The number of carbonyl (C=O) groups excluding carboxylic acids is 1. The summed E-state index contributed by atoms with van der Waals surface area (Å²) in [5, 5.41) is 6.57. The van der Waals surface area contributed by atoms with Gasteiger partial charge in [0.05, 0.1) is 0 Å². The van der Waals surface area contributed by atoms with E-state index < -0.39 is 5.60 Å². The molecular formula is C17H34N2O3. The molecule has 0 aromatic carbocycles. The summed E-state index contributed by atoms with van der Waals surface area (Å²) in [6.45, 7) is 15.4. The molecule has 1 rings (SSSR count). The highest BCUT2D eigenvalue weighted by atomic mass is 16.6. The Morgan fingerprint density at radius 3 is 2.32 bits per heavy atom. The molecule has 0 aromatic heterocycles. The average Bonchev–Trinajstić information content (AvgIpc) is 2.36. The second kappa shape index (κ2) is 8.16. The van der Waals surface area contributed by atoms with Gasteiger partial charge in [-0.1, -0.05) is 13.8 Å². The average molecular weight is 314 g/mol. The third-order valence-electron chi connectivity index (χ3n) is 4.24. The number of alkyl carbamates (subject to hydrolysis) is 1. The number of ether oxygens (including phenoxy) is 2. The maximum absolute atomic E-state index is 11.8. The van der Waals surface area contributed by atoms with Crippen molar-refractivity contribution < 1.29 is 14.3 Å². The summed E-state index contributed by atoms with van der Waals surface area (Å²) in [5.74, 6) is 0.873. The Morgan fingerprint density at radius 2 is 1.82 bits per heavy atom. The van der Waals surface area contributed by atoms with Crippen LogP contribution < -0.4 is 10.6 Å².